The number of nitrogens with one attached hydrogen (secondary N) is 2. The lowest BCUT2D eigenvalue weighted by Crippen LogP contribution is -2.29. The monoisotopic (exact) mass is 613 g/mol. The van der Waals surface area contributed by atoms with E-state index < -0.39 is 0 Å². The lowest BCUT2D eigenvalue weighted by molar-refractivity contribution is -0.111. The Hall–Kier alpha value is -4.02. The molecule has 0 unspecified atom stereocenters. The fraction of sp³-hybridized carbons (Fsp3) is 0.382. The average Bonchev–Trinajstić information content (AvgIpc) is 3.35. The second-order valence-corrected chi connectivity index (χ2v) is 12.5. The highest BCUT2D eigenvalue weighted by atomic mass is 32.2. The van der Waals surface area contributed by atoms with Crippen molar-refractivity contribution in [3.63, 3.8) is 0 Å². The van der Waals surface area contributed by atoms with Gasteiger partial charge in [-0.1, -0.05) is 37.6 Å². The SMILES string of the molecule is CCC/C=C\C(=O)Nc1cc(Nc2nc3c(c(-c4cn(C)c5ccccc45)n2)CSCC3)c(OC)cc1N(C)CCN(C)C. The molecule has 0 radical (unpaired) electrons. The number of aromatic nitrogens is 3. The summed E-state index contributed by atoms with van der Waals surface area (Å²) >= 11 is 1.92. The predicted octanol–water partition coefficient (Wildman–Crippen LogP) is 6.47. The fourth-order valence-corrected chi connectivity index (χ4v) is 6.40. The number of benzene rings is 2. The highest BCUT2D eigenvalue weighted by Gasteiger charge is 2.23. The molecule has 3 heterocycles. The number of carbonyl (C=O) groups excluding carboxylic acids is 1. The number of carbonyl (C=O) groups is 1. The Labute approximate surface area is 264 Å². The van der Waals surface area contributed by atoms with Crippen molar-refractivity contribution in [2.75, 3.05) is 62.6 Å². The first-order chi connectivity index (χ1) is 21.3. The summed E-state index contributed by atoms with van der Waals surface area (Å²) in [6, 6.07) is 12.3. The number of amides is 1. The van der Waals surface area contributed by atoms with Crippen LogP contribution < -0.4 is 20.3 Å². The van der Waals surface area contributed by atoms with E-state index in [9.17, 15) is 4.79 Å². The van der Waals surface area contributed by atoms with Crippen LogP contribution in [0.15, 0.2) is 54.7 Å². The molecule has 5 rings (SSSR count). The van der Waals surface area contributed by atoms with Gasteiger partial charge in [-0.25, -0.2) is 9.97 Å². The molecule has 2 aromatic carbocycles. The predicted molar refractivity (Wildman–Crippen MR) is 185 cm³/mol. The van der Waals surface area contributed by atoms with Crippen LogP contribution in [0.1, 0.15) is 31.0 Å². The van der Waals surface area contributed by atoms with E-state index >= 15 is 0 Å². The van der Waals surface area contributed by atoms with E-state index in [2.05, 4.69) is 69.4 Å². The summed E-state index contributed by atoms with van der Waals surface area (Å²) < 4.78 is 8.03. The van der Waals surface area contributed by atoms with Gasteiger partial charge >= 0.3 is 0 Å². The molecule has 1 aliphatic rings. The molecule has 0 bridgehead atoms. The van der Waals surface area contributed by atoms with Gasteiger partial charge in [0, 0.05) is 67.2 Å². The number of nitrogens with zero attached hydrogens (tertiary/aromatic N) is 5. The Morgan fingerprint density at radius 2 is 1.95 bits per heavy atom. The summed E-state index contributed by atoms with van der Waals surface area (Å²) in [5.74, 6) is 2.88. The average molecular weight is 614 g/mol. The largest absolute Gasteiger partial charge is 0.494 e. The van der Waals surface area contributed by atoms with Gasteiger partial charge in [0.1, 0.15) is 5.75 Å². The zero-order valence-corrected chi connectivity index (χ0v) is 27.4. The second-order valence-electron chi connectivity index (χ2n) is 11.4. The molecular weight excluding hydrogens is 570 g/mol. The highest BCUT2D eigenvalue weighted by molar-refractivity contribution is 7.98. The van der Waals surface area contributed by atoms with Crippen LogP contribution in [0, 0.1) is 0 Å². The van der Waals surface area contributed by atoms with Crippen molar-refractivity contribution in [2.24, 2.45) is 7.05 Å². The summed E-state index contributed by atoms with van der Waals surface area (Å²) in [4.78, 5) is 27.3. The number of aryl methyl sites for hydroxylation is 2. The molecule has 0 aliphatic carbocycles. The van der Waals surface area contributed by atoms with Crippen LogP contribution in [-0.4, -0.2) is 72.4 Å². The number of thioether (sulfide) groups is 1. The van der Waals surface area contributed by atoms with E-state index in [0.29, 0.717) is 23.1 Å². The Morgan fingerprint density at radius 1 is 1.14 bits per heavy atom. The third-order valence-corrected chi connectivity index (χ3v) is 8.80. The van der Waals surface area contributed by atoms with Crippen molar-refractivity contribution in [3.05, 3.63) is 66.0 Å². The van der Waals surface area contributed by atoms with Crippen LogP contribution in [0.2, 0.25) is 0 Å². The van der Waals surface area contributed by atoms with Gasteiger partial charge in [-0.2, -0.15) is 11.8 Å². The Kier molecular flexibility index (Phi) is 10.1. The molecule has 0 saturated heterocycles. The summed E-state index contributed by atoms with van der Waals surface area (Å²) in [7, 11) is 9.85. The molecule has 232 valence electrons. The molecule has 9 nitrogen and oxygen atoms in total. The first kappa shape index (κ1) is 31.4. The number of anilines is 4. The van der Waals surface area contributed by atoms with Gasteiger partial charge in [-0.05, 0) is 50.9 Å². The molecule has 2 N–H and O–H groups in total. The molecule has 0 spiro atoms. The maximum atomic E-state index is 12.9. The highest BCUT2D eigenvalue weighted by Crippen LogP contribution is 2.40. The van der Waals surface area contributed by atoms with Gasteiger partial charge < -0.3 is 29.7 Å². The van der Waals surface area contributed by atoms with E-state index in [1.54, 1.807) is 13.2 Å². The van der Waals surface area contributed by atoms with Gasteiger partial charge in [0.15, 0.2) is 0 Å². The van der Waals surface area contributed by atoms with E-state index in [4.69, 9.17) is 14.7 Å². The summed E-state index contributed by atoms with van der Waals surface area (Å²) in [6.07, 6.45) is 8.39. The van der Waals surface area contributed by atoms with Gasteiger partial charge in [-0.15, -0.1) is 0 Å². The van der Waals surface area contributed by atoms with Crippen LogP contribution in [0.5, 0.6) is 5.75 Å². The maximum Gasteiger partial charge on any atom is 0.248 e. The van der Waals surface area contributed by atoms with Crippen molar-refractivity contribution >= 4 is 51.6 Å². The molecule has 10 heteroatoms. The van der Waals surface area contributed by atoms with Crippen molar-refractivity contribution < 1.29 is 9.53 Å². The molecule has 4 aromatic rings. The summed E-state index contributed by atoms with van der Waals surface area (Å²) in [6.45, 7) is 3.73. The first-order valence-electron chi connectivity index (χ1n) is 15.1. The van der Waals surface area contributed by atoms with E-state index in [-0.39, 0.29) is 5.91 Å². The second kappa shape index (κ2) is 14.2. The first-order valence-corrected chi connectivity index (χ1v) is 16.3. The molecule has 0 saturated carbocycles. The molecular formula is C34H43N7O2S. The Bertz CT molecular complexity index is 1660. The number of rotatable bonds is 12. The zero-order chi connectivity index (χ0) is 31.2. The molecule has 1 aliphatic heterocycles. The number of ether oxygens (including phenoxy) is 1. The third kappa shape index (κ3) is 7.03. The minimum atomic E-state index is -0.169. The van der Waals surface area contributed by atoms with E-state index in [0.717, 1.165) is 72.0 Å². The van der Waals surface area contributed by atoms with E-state index in [1.165, 1.54) is 10.9 Å². The van der Waals surface area contributed by atoms with Gasteiger partial charge in [-0.3, -0.25) is 4.79 Å². The van der Waals surface area contributed by atoms with Gasteiger partial charge in [0.2, 0.25) is 11.9 Å². The number of methoxy groups -OCH3 is 1. The van der Waals surface area contributed by atoms with Crippen molar-refractivity contribution in [1.82, 2.24) is 19.4 Å². The number of fused-ring (bicyclic) bond motifs is 2. The number of hydrogen-bond acceptors (Lipinski definition) is 8. The molecule has 2 aromatic heterocycles. The van der Waals surface area contributed by atoms with Crippen molar-refractivity contribution in [1.29, 1.82) is 0 Å². The quantitative estimate of drug-likeness (QED) is 0.176. The van der Waals surface area contributed by atoms with Gasteiger partial charge in [0.05, 0.1) is 35.6 Å². The standard InChI is InChI=1S/C34H43N7O2S/c1-7-8-9-14-32(42)35-27-19-28(31(43-6)20-30(27)40(4)17-16-39(2)3)37-34-36-26-15-18-44-22-25(26)33(38-34)24-21-41(5)29-13-11-10-12-23(24)29/h9-14,19-21H,7-8,15-18,22H2,1-6H3,(H,35,42)(H,36,37,38)/b14-9-. The summed E-state index contributed by atoms with van der Waals surface area (Å²) in [5.41, 5.74) is 7.71. The van der Waals surface area contributed by atoms with Gasteiger partial charge in [0.25, 0.3) is 0 Å². The normalized spacial score (nSPS) is 13.0. The fourth-order valence-electron chi connectivity index (χ4n) is 5.41. The van der Waals surface area contributed by atoms with Crippen LogP contribution >= 0.6 is 11.8 Å². The number of likely N-dealkylation sites (N-methyl/N-ethyl adjacent to an activating group) is 2. The lowest BCUT2D eigenvalue weighted by atomic mass is 10.0. The van der Waals surface area contributed by atoms with Crippen LogP contribution in [0.4, 0.5) is 23.0 Å². The zero-order valence-electron chi connectivity index (χ0n) is 26.6. The molecule has 0 atom stereocenters. The van der Waals surface area contributed by atoms with Crippen LogP contribution in [0.3, 0.4) is 0 Å². The molecule has 1 amide bonds. The smallest absolute Gasteiger partial charge is 0.248 e. The lowest BCUT2D eigenvalue weighted by Gasteiger charge is -2.26. The molecule has 0 fully saturated rings. The van der Waals surface area contributed by atoms with Crippen molar-refractivity contribution in [3.8, 4) is 17.0 Å². The number of hydrogen-bond donors (Lipinski definition) is 2. The number of unbranched alkanes of at least 4 members (excludes halogenated alkanes) is 1. The minimum Gasteiger partial charge on any atom is -0.494 e. The minimum absolute atomic E-state index is 0.169. The Morgan fingerprint density at radius 3 is 2.73 bits per heavy atom. The van der Waals surface area contributed by atoms with Crippen molar-refractivity contribution in [2.45, 2.75) is 31.9 Å². The number of para-hydroxylation sites is 1. The Balaban J connectivity index is 1.57. The third-order valence-electron chi connectivity index (χ3n) is 7.82. The number of allylic oxidation sites excluding steroid dienone is 1. The maximum absolute atomic E-state index is 12.9. The topological polar surface area (TPSA) is 87.5 Å². The van der Waals surface area contributed by atoms with Crippen LogP contribution in [0.25, 0.3) is 22.2 Å². The van der Waals surface area contributed by atoms with Crippen LogP contribution in [-0.2, 0) is 24.0 Å². The summed E-state index contributed by atoms with van der Waals surface area (Å²) in [5, 5.41) is 7.73. The molecule has 44 heavy (non-hydrogen) atoms. The van der Waals surface area contributed by atoms with E-state index in [1.807, 2.05) is 51.1 Å².